The van der Waals surface area contributed by atoms with Crippen LogP contribution in [0.4, 0.5) is 4.39 Å². The Kier molecular flexibility index (Phi) is 4.84. The van der Waals surface area contributed by atoms with Gasteiger partial charge in [0.2, 0.25) is 5.78 Å². The van der Waals surface area contributed by atoms with Gasteiger partial charge in [0.05, 0.1) is 17.9 Å². The Morgan fingerprint density at radius 2 is 2.25 bits per heavy atom. The van der Waals surface area contributed by atoms with Crippen molar-refractivity contribution in [2.45, 2.75) is 12.6 Å². The molecule has 1 heterocycles. The van der Waals surface area contributed by atoms with Crippen LogP contribution in [0.2, 0.25) is 0 Å². The molecule has 1 aliphatic heterocycles. The van der Waals surface area contributed by atoms with Crippen molar-refractivity contribution < 1.29 is 23.5 Å². The first kappa shape index (κ1) is 14.2. The van der Waals surface area contributed by atoms with Gasteiger partial charge in [-0.1, -0.05) is 18.2 Å². The minimum atomic E-state index is -0.519. The van der Waals surface area contributed by atoms with Crippen LogP contribution in [0.15, 0.2) is 36.1 Å². The van der Waals surface area contributed by atoms with Crippen LogP contribution in [0.5, 0.6) is 0 Å². The van der Waals surface area contributed by atoms with Crippen LogP contribution in [0.25, 0.3) is 0 Å². The van der Waals surface area contributed by atoms with Gasteiger partial charge in [-0.3, -0.25) is 9.59 Å². The summed E-state index contributed by atoms with van der Waals surface area (Å²) in [5.74, 6) is -0.511. The zero-order valence-corrected chi connectivity index (χ0v) is 10.7. The van der Waals surface area contributed by atoms with Crippen molar-refractivity contribution in [3.8, 4) is 0 Å². The molecule has 0 saturated carbocycles. The van der Waals surface area contributed by atoms with Crippen molar-refractivity contribution in [3.05, 3.63) is 47.5 Å². The highest BCUT2D eigenvalue weighted by Gasteiger charge is 2.26. The van der Waals surface area contributed by atoms with Crippen molar-refractivity contribution in [2.75, 3.05) is 13.2 Å². The molecule has 0 aliphatic carbocycles. The predicted octanol–water partition coefficient (Wildman–Crippen LogP) is 0.940. The van der Waals surface area contributed by atoms with Crippen molar-refractivity contribution in [1.29, 1.82) is 0 Å². The Morgan fingerprint density at radius 3 is 2.90 bits per heavy atom. The van der Waals surface area contributed by atoms with E-state index in [1.54, 1.807) is 18.2 Å². The van der Waals surface area contributed by atoms with Gasteiger partial charge in [0.1, 0.15) is 12.4 Å². The number of benzene rings is 1. The van der Waals surface area contributed by atoms with Gasteiger partial charge in [-0.25, -0.2) is 4.39 Å². The van der Waals surface area contributed by atoms with E-state index in [0.717, 1.165) is 0 Å². The van der Waals surface area contributed by atoms with Crippen LogP contribution in [0, 0.1) is 5.82 Å². The van der Waals surface area contributed by atoms with Gasteiger partial charge in [0.15, 0.2) is 6.61 Å². The molecule has 20 heavy (non-hydrogen) atoms. The highest BCUT2D eigenvalue weighted by atomic mass is 19.1. The lowest BCUT2D eigenvalue weighted by molar-refractivity contribution is -0.129. The number of nitrogens with one attached hydrogen (secondary N) is 1. The molecule has 1 N–H and O–H groups in total. The summed E-state index contributed by atoms with van der Waals surface area (Å²) in [4.78, 5) is 21.9. The van der Waals surface area contributed by atoms with E-state index in [9.17, 15) is 14.0 Å². The van der Waals surface area contributed by atoms with Gasteiger partial charge in [-0.15, -0.1) is 0 Å². The molecule has 5 nitrogen and oxygen atoms in total. The molecule has 0 amide bonds. The first-order valence-corrected chi connectivity index (χ1v) is 6.09. The predicted molar refractivity (Wildman–Crippen MR) is 68.1 cm³/mol. The molecule has 0 saturated heterocycles. The lowest BCUT2D eigenvalue weighted by atomic mass is 10.1. The Bertz CT molecular complexity index is 530. The van der Waals surface area contributed by atoms with Crippen molar-refractivity contribution in [2.24, 2.45) is 0 Å². The lowest BCUT2D eigenvalue weighted by Gasteiger charge is -2.17. The number of halogens is 1. The Morgan fingerprint density at radius 1 is 1.45 bits per heavy atom. The molecule has 0 fully saturated rings. The van der Waals surface area contributed by atoms with E-state index in [2.05, 4.69) is 10.1 Å². The molecule has 1 unspecified atom stereocenters. The number of ketones is 1. The summed E-state index contributed by atoms with van der Waals surface area (Å²) < 4.78 is 23.1. The van der Waals surface area contributed by atoms with Crippen LogP contribution in [-0.4, -0.2) is 31.5 Å². The van der Waals surface area contributed by atoms with E-state index in [4.69, 9.17) is 4.74 Å². The first-order chi connectivity index (χ1) is 9.72. The molecular formula is C14H14FNO4. The molecule has 0 spiro atoms. The zero-order valence-electron chi connectivity index (χ0n) is 10.7. The number of Topliss-reactive ketones (excluding diaryl/α,β-unsaturated/α-hetero) is 1. The average molecular weight is 279 g/mol. The number of hydrogen-bond acceptors (Lipinski definition) is 5. The molecule has 2 rings (SSSR count). The molecule has 0 bridgehead atoms. The maximum Gasteiger partial charge on any atom is 0.293 e. The Hall–Kier alpha value is -2.21. The fourth-order valence-corrected chi connectivity index (χ4v) is 1.90. The SMILES string of the molecule is O=COCC(NCc1ccccc1F)C1=COCC1=O. The van der Waals surface area contributed by atoms with Crippen molar-refractivity contribution in [1.82, 2.24) is 5.32 Å². The van der Waals surface area contributed by atoms with Gasteiger partial charge >= 0.3 is 0 Å². The van der Waals surface area contributed by atoms with Crippen LogP contribution < -0.4 is 5.32 Å². The molecule has 0 radical (unpaired) electrons. The van der Waals surface area contributed by atoms with E-state index in [-0.39, 0.29) is 31.4 Å². The highest BCUT2D eigenvalue weighted by Crippen LogP contribution is 2.13. The fourth-order valence-electron chi connectivity index (χ4n) is 1.90. The first-order valence-electron chi connectivity index (χ1n) is 6.09. The minimum Gasteiger partial charge on any atom is -0.493 e. The largest absolute Gasteiger partial charge is 0.493 e. The summed E-state index contributed by atoms with van der Waals surface area (Å²) in [5.41, 5.74) is 0.860. The monoisotopic (exact) mass is 279 g/mol. The van der Waals surface area contributed by atoms with Gasteiger partial charge < -0.3 is 14.8 Å². The maximum atomic E-state index is 13.5. The molecule has 1 aromatic rings. The normalized spacial score (nSPS) is 15.4. The van der Waals surface area contributed by atoms with Gasteiger partial charge in [0, 0.05) is 12.1 Å². The van der Waals surface area contributed by atoms with Gasteiger partial charge in [0.25, 0.3) is 6.47 Å². The molecule has 0 aromatic heterocycles. The highest BCUT2D eigenvalue weighted by molar-refractivity contribution is 5.98. The molecular weight excluding hydrogens is 265 g/mol. The third-order valence-corrected chi connectivity index (χ3v) is 2.95. The molecule has 1 aromatic carbocycles. The van der Waals surface area contributed by atoms with E-state index in [1.807, 2.05) is 0 Å². The van der Waals surface area contributed by atoms with Crippen molar-refractivity contribution >= 4 is 12.3 Å². The quantitative estimate of drug-likeness (QED) is 0.753. The fraction of sp³-hybridized carbons (Fsp3) is 0.286. The summed E-state index contributed by atoms with van der Waals surface area (Å²) in [6.45, 7) is 0.482. The van der Waals surface area contributed by atoms with Gasteiger partial charge in [-0.05, 0) is 6.07 Å². The Balaban J connectivity index is 2.02. The summed E-state index contributed by atoms with van der Waals surface area (Å²) in [7, 11) is 0. The smallest absolute Gasteiger partial charge is 0.293 e. The third-order valence-electron chi connectivity index (χ3n) is 2.95. The van der Waals surface area contributed by atoms with E-state index in [0.29, 0.717) is 17.6 Å². The summed E-state index contributed by atoms with van der Waals surface area (Å²) in [6, 6.07) is 5.80. The molecule has 1 aliphatic rings. The number of ether oxygens (including phenoxy) is 2. The van der Waals surface area contributed by atoms with E-state index in [1.165, 1.54) is 12.3 Å². The molecule has 6 heteroatoms. The number of hydrogen-bond donors (Lipinski definition) is 1. The second-order valence-corrected chi connectivity index (χ2v) is 4.26. The zero-order chi connectivity index (χ0) is 14.4. The summed E-state index contributed by atoms with van der Waals surface area (Å²) >= 11 is 0. The van der Waals surface area contributed by atoms with E-state index >= 15 is 0 Å². The summed E-state index contributed by atoms with van der Waals surface area (Å²) in [6.07, 6.45) is 1.34. The van der Waals surface area contributed by atoms with Crippen LogP contribution in [0.3, 0.4) is 0 Å². The summed E-state index contributed by atoms with van der Waals surface area (Å²) in [5, 5.41) is 2.99. The second kappa shape index (κ2) is 6.81. The number of carbonyl (C=O) groups excluding carboxylic acids is 2. The molecule has 1 atom stereocenters. The number of carbonyl (C=O) groups is 2. The minimum absolute atomic E-state index is 0.0150. The maximum absolute atomic E-state index is 13.5. The van der Waals surface area contributed by atoms with Crippen LogP contribution >= 0.6 is 0 Å². The molecule has 106 valence electrons. The van der Waals surface area contributed by atoms with Gasteiger partial charge in [-0.2, -0.15) is 0 Å². The standard InChI is InChI=1S/C14H14FNO4/c15-12-4-2-1-3-10(12)5-16-13(7-20-9-17)11-6-19-8-14(11)18/h1-4,6,9,13,16H,5,7-8H2. The average Bonchev–Trinajstić information content (AvgIpc) is 2.87. The third kappa shape index (κ3) is 3.42. The van der Waals surface area contributed by atoms with Crippen LogP contribution in [-0.2, 0) is 25.6 Å². The number of rotatable bonds is 7. The van der Waals surface area contributed by atoms with Crippen LogP contribution in [0.1, 0.15) is 5.56 Å². The lowest BCUT2D eigenvalue weighted by Crippen LogP contribution is -2.37. The van der Waals surface area contributed by atoms with Crippen molar-refractivity contribution in [3.63, 3.8) is 0 Å². The van der Waals surface area contributed by atoms with E-state index < -0.39 is 6.04 Å². The second-order valence-electron chi connectivity index (χ2n) is 4.26. The topological polar surface area (TPSA) is 64.6 Å². The Labute approximate surface area is 115 Å².